The number of anilines is 3. The molecule has 0 aromatic heterocycles. The summed E-state index contributed by atoms with van der Waals surface area (Å²) < 4.78 is 0. The Hall–Kier alpha value is -5.92. The first kappa shape index (κ1) is 25.6. The fourth-order valence-electron chi connectivity index (χ4n) is 7.06. The average molecular weight is 572 g/mol. The second-order valence-corrected chi connectivity index (χ2v) is 11.8. The first-order chi connectivity index (χ1) is 22.3. The van der Waals surface area contributed by atoms with Crippen molar-refractivity contribution in [1.29, 1.82) is 0 Å². The van der Waals surface area contributed by atoms with Gasteiger partial charge in [0.15, 0.2) is 0 Å². The zero-order chi connectivity index (χ0) is 29.7. The van der Waals surface area contributed by atoms with Crippen LogP contribution in [0.4, 0.5) is 17.1 Å². The molecular weight excluding hydrogens is 542 g/mol. The molecule has 0 aliphatic heterocycles. The lowest BCUT2D eigenvalue weighted by Gasteiger charge is -2.28. The molecule has 0 fully saturated rings. The van der Waals surface area contributed by atoms with Crippen molar-refractivity contribution >= 4 is 70.9 Å². The van der Waals surface area contributed by atoms with Crippen molar-refractivity contribution in [3.05, 3.63) is 176 Å². The number of nitrogens with zero attached hydrogens (tertiary/aromatic N) is 1. The number of hydrogen-bond donors (Lipinski definition) is 0. The number of benzene rings is 9. The van der Waals surface area contributed by atoms with Crippen LogP contribution in [0.15, 0.2) is 176 Å². The second kappa shape index (κ2) is 10.4. The first-order valence-corrected chi connectivity index (χ1v) is 15.5. The van der Waals surface area contributed by atoms with Crippen molar-refractivity contribution < 1.29 is 0 Å². The summed E-state index contributed by atoms with van der Waals surface area (Å²) in [6.45, 7) is 0. The van der Waals surface area contributed by atoms with E-state index in [1.165, 1.54) is 65.0 Å². The van der Waals surface area contributed by atoms with Gasteiger partial charge in [0, 0.05) is 16.8 Å². The van der Waals surface area contributed by atoms with Crippen LogP contribution in [-0.4, -0.2) is 0 Å². The van der Waals surface area contributed by atoms with E-state index in [-0.39, 0.29) is 0 Å². The molecule has 0 radical (unpaired) electrons. The highest BCUT2D eigenvalue weighted by Crippen LogP contribution is 2.44. The summed E-state index contributed by atoms with van der Waals surface area (Å²) in [6.07, 6.45) is 0. The Kier molecular flexibility index (Phi) is 5.89. The average Bonchev–Trinajstić information content (AvgIpc) is 3.12. The minimum atomic E-state index is 1.13. The third-order valence-corrected chi connectivity index (χ3v) is 9.17. The highest BCUT2D eigenvalue weighted by atomic mass is 15.1. The van der Waals surface area contributed by atoms with Gasteiger partial charge in [0.2, 0.25) is 0 Å². The van der Waals surface area contributed by atoms with Gasteiger partial charge in [-0.2, -0.15) is 0 Å². The maximum atomic E-state index is 2.43. The van der Waals surface area contributed by atoms with Gasteiger partial charge in [-0.25, -0.2) is 0 Å². The Balaban J connectivity index is 1.35. The van der Waals surface area contributed by atoms with Gasteiger partial charge in [0.25, 0.3) is 0 Å². The minimum Gasteiger partial charge on any atom is -0.310 e. The number of fused-ring (bicyclic) bond motifs is 8. The van der Waals surface area contributed by atoms with Crippen LogP contribution in [-0.2, 0) is 0 Å². The molecule has 0 bridgehead atoms. The normalized spacial score (nSPS) is 11.6. The van der Waals surface area contributed by atoms with Crippen LogP contribution in [0.1, 0.15) is 0 Å². The molecule has 0 amide bonds. The molecule has 210 valence electrons. The van der Waals surface area contributed by atoms with Crippen LogP contribution < -0.4 is 4.90 Å². The van der Waals surface area contributed by atoms with Crippen LogP contribution in [0.2, 0.25) is 0 Å². The van der Waals surface area contributed by atoms with Gasteiger partial charge in [-0.3, -0.25) is 0 Å². The van der Waals surface area contributed by atoms with E-state index in [0.29, 0.717) is 0 Å². The Bertz CT molecular complexity index is 2540. The van der Waals surface area contributed by atoms with Gasteiger partial charge in [0.05, 0.1) is 5.69 Å². The Morgan fingerprint density at radius 2 is 0.867 bits per heavy atom. The van der Waals surface area contributed by atoms with E-state index < -0.39 is 0 Å². The fourth-order valence-corrected chi connectivity index (χ4v) is 7.06. The topological polar surface area (TPSA) is 3.24 Å². The smallest absolute Gasteiger partial charge is 0.0540 e. The summed E-state index contributed by atoms with van der Waals surface area (Å²) in [5.74, 6) is 0. The summed E-state index contributed by atoms with van der Waals surface area (Å²) >= 11 is 0. The molecule has 0 N–H and O–H groups in total. The minimum absolute atomic E-state index is 1.13. The van der Waals surface area contributed by atoms with Crippen molar-refractivity contribution in [2.45, 2.75) is 0 Å². The van der Waals surface area contributed by atoms with Gasteiger partial charge >= 0.3 is 0 Å². The lowest BCUT2D eigenvalue weighted by Crippen LogP contribution is -2.10. The van der Waals surface area contributed by atoms with E-state index in [1.54, 1.807) is 0 Å². The Morgan fingerprint density at radius 3 is 1.71 bits per heavy atom. The largest absolute Gasteiger partial charge is 0.310 e. The highest BCUT2D eigenvalue weighted by Gasteiger charge is 2.18. The summed E-state index contributed by atoms with van der Waals surface area (Å²) in [4.78, 5) is 2.43. The van der Waals surface area contributed by atoms with Crippen molar-refractivity contribution in [2.24, 2.45) is 0 Å². The van der Waals surface area contributed by atoms with Crippen molar-refractivity contribution in [1.82, 2.24) is 0 Å². The lowest BCUT2D eigenvalue weighted by atomic mass is 9.92. The molecule has 45 heavy (non-hydrogen) atoms. The third kappa shape index (κ3) is 4.24. The molecule has 9 aromatic rings. The Morgan fingerprint density at radius 1 is 0.289 bits per heavy atom. The maximum absolute atomic E-state index is 2.43. The maximum Gasteiger partial charge on any atom is 0.0540 e. The van der Waals surface area contributed by atoms with E-state index in [4.69, 9.17) is 0 Å². The third-order valence-electron chi connectivity index (χ3n) is 9.17. The quantitative estimate of drug-likeness (QED) is 0.190. The van der Waals surface area contributed by atoms with E-state index in [9.17, 15) is 0 Å². The fraction of sp³-hybridized carbons (Fsp3) is 0. The zero-order valence-electron chi connectivity index (χ0n) is 24.7. The van der Waals surface area contributed by atoms with Gasteiger partial charge in [-0.05, 0) is 89.9 Å². The van der Waals surface area contributed by atoms with E-state index in [1.807, 2.05) is 0 Å². The predicted molar refractivity (Wildman–Crippen MR) is 194 cm³/mol. The molecule has 0 aliphatic carbocycles. The van der Waals surface area contributed by atoms with Gasteiger partial charge in [0.1, 0.15) is 0 Å². The van der Waals surface area contributed by atoms with Crippen LogP contribution >= 0.6 is 0 Å². The molecule has 9 rings (SSSR count). The molecular formula is C44H29N. The summed E-state index contributed by atoms with van der Waals surface area (Å²) in [6, 6.07) is 64.1. The molecule has 0 atom stereocenters. The predicted octanol–water partition coefficient (Wildman–Crippen LogP) is 12.6. The van der Waals surface area contributed by atoms with Gasteiger partial charge in [-0.15, -0.1) is 0 Å². The number of rotatable bonds is 4. The molecule has 0 unspecified atom stereocenters. The summed E-state index contributed by atoms with van der Waals surface area (Å²) in [5, 5.41) is 12.6. The van der Waals surface area contributed by atoms with Gasteiger partial charge < -0.3 is 4.90 Å². The summed E-state index contributed by atoms with van der Waals surface area (Å²) in [5.41, 5.74) is 5.83. The monoisotopic (exact) mass is 571 g/mol. The zero-order valence-corrected chi connectivity index (χ0v) is 24.7. The van der Waals surface area contributed by atoms with Crippen LogP contribution in [0.25, 0.3) is 65.0 Å². The second-order valence-electron chi connectivity index (χ2n) is 11.8. The van der Waals surface area contributed by atoms with E-state index in [0.717, 1.165) is 17.1 Å². The molecule has 1 heteroatoms. The summed E-state index contributed by atoms with van der Waals surface area (Å²) in [7, 11) is 0. The molecule has 9 aromatic carbocycles. The molecule has 1 nitrogen and oxygen atoms in total. The molecule has 0 spiro atoms. The molecule has 0 saturated heterocycles. The highest BCUT2D eigenvalue weighted by molar-refractivity contribution is 6.28. The van der Waals surface area contributed by atoms with Crippen molar-refractivity contribution in [3.63, 3.8) is 0 Å². The van der Waals surface area contributed by atoms with E-state index >= 15 is 0 Å². The first-order valence-electron chi connectivity index (χ1n) is 15.5. The molecule has 0 aliphatic rings. The number of hydrogen-bond acceptors (Lipinski definition) is 1. The van der Waals surface area contributed by atoms with Crippen LogP contribution in [0.5, 0.6) is 0 Å². The molecule has 0 saturated carbocycles. The van der Waals surface area contributed by atoms with E-state index in [2.05, 4.69) is 181 Å². The van der Waals surface area contributed by atoms with Crippen LogP contribution in [0, 0.1) is 0 Å². The van der Waals surface area contributed by atoms with Crippen molar-refractivity contribution in [3.8, 4) is 11.1 Å². The SMILES string of the molecule is c1ccc(-c2cccc(N(c3ccc4ccccc4c3)c3cccc4c3ccc3ccc5ccc6ccccc6c5c34)c2)cc1. The van der Waals surface area contributed by atoms with Crippen molar-refractivity contribution in [2.75, 3.05) is 4.90 Å². The standard InChI is InChI=1S/C44H29N/c1-2-10-30(11-3-1)36-15-8-16-37(28-36)45(38-26-24-31-12-4-5-14-35(31)29-38)42-19-9-18-41-40(42)27-25-34-23-22-33-21-20-32-13-6-7-17-39(32)43(33)44(34)41/h1-29H. The molecule has 0 heterocycles. The van der Waals surface area contributed by atoms with Crippen LogP contribution in [0.3, 0.4) is 0 Å². The van der Waals surface area contributed by atoms with Gasteiger partial charge in [-0.1, -0.05) is 146 Å². The Labute approximate surface area is 262 Å². The lowest BCUT2D eigenvalue weighted by molar-refractivity contribution is 1.30.